The van der Waals surface area contributed by atoms with Crippen LogP contribution < -0.4 is 5.32 Å². The number of likely N-dealkylation sites (N-methyl/N-ethyl adjacent to an activating group) is 2. The van der Waals surface area contributed by atoms with Crippen molar-refractivity contribution in [1.82, 2.24) is 15.1 Å². The average Bonchev–Trinajstić information content (AvgIpc) is 3.04. The standard InChI is InChI=1S/C37H69N3O10/c1-12-28-37(8,46)31(42)25(6)40(11)20-21(2)19-36(7,45)32(50-34-29(41)27(39(9)10)18-22(3)47-34)23(4)30(24(5)33(43)48-28)49-35(44)38-26-16-14-13-15-17-26/h21-32,34,41-42,45-46H,12-20H2,1-11H3,(H,38,44). The lowest BCUT2D eigenvalue weighted by Gasteiger charge is -2.47. The van der Waals surface area contributed by atoms with Gasteiger partial charge in [0.2, 0.25) is 0 Å². The molecule has 13 nitrogen and oxygen atoms in total. The highest BCUT2D eigenvalue weighted by molar-refractivity contribution is 5.74. The third-order valence-electron chi connectivity index (χ3n) is 11.6. The number of esters is 1. The Balaban J connectivity index is 2.10. The number of rotatable bonds is 6. The molecule has 50 heavy (non-hydrogen) atoms. The molecule has 2 saturated heterocycles. The number of aliphatic hydroxyl groups is 4. The lowest BCUT2D eigenvalue weighted by Crippen LogP contribution is -2.59. The van der Waals surface area contributed by atoms with Gasteiger partial charge in [0.05, 0.1) is 23.7 Å². The van der Waals surface area contributed by atoms with E-state index in [1.54, 1.807) is 34.6 Å². The zero-order chi connectivity index (χ0) is 37.7. The molecule has 0 aromatic heterocycles. The zero-order valence-corrected chi connectivity index (χ0v) is 32.5. The topological polar surface area (TPSA) is 170 Å². The Labute approximate surface area is 300 Å². The van der Waals surface area contributed by atoms with E-state index in [0.717, 1.165) is 32.1 Å². The van der Waals surface area contributed by atoms with E-state index < -0.39 is 78.0 Å². The Morgan fingerprint density at radius 2 is 1.68 bits per heavy atom. The summed E-state index contributed by atoms with van der Waals surface area (Å²) in [5.41, 5.74) is -3.37. The predicted molar refractivity (Wildman–Crippen MR) is 189 cm³/mol. The highest BCUT2D eigenvalue weighted by Gasteiger charge is 2.51. The smallest absolute Gasteiger partial charge is 0.407 e. The molecule has 1 amide bonds. The molecule has 3 aliphatic rings. The fraction of sp³-hybridized carbons (Fsp3) is 0.946. The largest absolute Gasteiger partial charge is 0.459 e. The van der Waals surface area contributed by atoms with Crippen molar-refractivity contribution in [3.8, 4) is 0 Å². The highest BCUT2D eigenvalue weighted by Crippen LogP contribution is 2.37. The van der Waals surface area contributed by atoms with Crippen molar-refractivity contribution in [3.05, 3.63) is 0 Å². The van der Waals surface area contributed by atoms with Crippen LogP contribution in [0.1, 0.15) is 107 Å². The molecule has 0 aromatic rings. The van der Waals surface area contributed by atoms with E-state index in [-0.39, 0.29) is 36.9 Å². The third kappa shape index (κ3) is 10.5. The first-order valence-electron chi connectivity index (χ1n) is 18.9. The molecule has 0 radical (unpaired) electrons. The minimum Gasteiger partial charge on any atom is -0.459 e. The van der Waals surface area contributed by atoms with Crippen molar-refractivity contribution in [2.75, 3.05) is 27.7 Å². The van der Waals surface area contributed by atoms with Gasteiger partial charge in [-0.1, -0.05) is 40.0 Å². The zero-order valence-electron chi connectivity index (χ0n) is 32.5. The average molecular weight is 716 g/mol. The molecule has 0 aromatic carbocycles. The molecule has 14 unspecified atom stereocenters. The summed E-state index contributed by atoms with van der Waals surface area (Å²) in [7, 11) is 5.60. The van der Waals surface area contributed by atoms with Crippen LogP contribution in [-0.4, -0.2) is 142 Å². The van der Waals surface area contributed by atoms with Gasteiger partial charge in [-0.3, -0.25) is 4.79 Å². The quantitative estimate of drug-likeness (QED) is 0.255. The van der Waals surface area contributed by atoms with Gasteiger partial charge in [-0.25, -0.2) is 4.79 Å². The number of nitrogens with zero attached hydrogens (tertiary/aromatic N) is 2. The Hall–Kier alpha value is -1.58. The molecule has 3 fully saturated rings. The summed E-state index contributed by atoms with van der Waals surface area (Å²) in [5, 5.41) is 49.8. The van der Waals surface area contributed by atoms with E-state index in [1.807, 2.05) is 44.8 Å². The SMILES string of the molecule is CCC1OC(=O)C(C)C(OC(=O)NC2CCCCC2)C(C)C(OC2OC(C)CC(N(C)C)C2O)C(C)(O)CC(C)CN(C)C(C)C(O)C1(C)O. The van der Waals surface area contributed by atoms with Gasteiger partial charge in [0.25, 0.3) is 0 Å². The Bertz CT molecular complexity index is 1090. The fourth-order valence-corrected chi connectivity index (χ4v) is 8.51. The molecule has 5 N–H and O–H groups in total. The number of hydrogen-bond donors (Lipinski definition) is 5. The number of alkyl carbamates (subject to hydrolysis) is 1. The van der Waals surface area contributed by atoms with Crippen LogP contribution in [0.25, 0.3) is 0 Å². The molecule has 1 saturated carbocycles. The molecular weight excluding hydrogens is 646 g/mol. The van der Waals surface area contributed by atoms with E-state index in [4.69, 9.17) is 18.9 Å². The molecule has 13 heteroatoms. The predicted octanol–water partition coefficient (Wildman–Crippen LogP) is 3.04. The number of carbonyl (C=O) groups excluding carboxylic acids is 2. The molecule has 1 aliphatic carbocycles. The lowest BCUT2D eigenvalue weighted by atomic mass is 9.77. The molecule has 2 heterocycles. The van der Waals surface area contributed by atoms with Gasteiger partial charge in [-0.2, -0.15) is 0 Å². The summed E-state index contributed by atoms with van der Waals surface area (Å²) >= 11 is 0. The van der Waals surface area contributed by atoms with Crippen LogP contribution >= 0.6 is 0 Å². The summed E-state index contributed by atoms with van der Waals surface area (Å²) in [5.74, 6) is -2.76. The van der Waals surface area contributed by atoms with Gasteiger partial charge in [-0.15, -0.1) is 0 Å². The number of ether oxygens (including phenoxy) is 4. The Kier molecular flexibility index (Phi) is 15.4. The van der Waals surface area contributed by atoms with Gasteiger partial charge in [-0.05, 0) is 93.8 Å². The fourth-order valence-electron chi connectivity index (χ4n) is 8.51. The number of nitrogens with one attached hydrogen (secondary N) is 1. The van der Waals surface area contributed by atoms with Crippen molar-refractivity contribution in [2.45, 2.75) is 179 Å². The van der Waals surface area contributed by atoms with E-state index in [2.05, 4.69) is 5.32 Å². The molecular formula is C37H69N3O10. The maximum Gasteiger partial charge on any atom is 0.407 e. The number of aliphatic hydroxyl groups excluding tert-OH is 2. The minimum atomic E-state index is -1.80. The van der Waals surface area contributed by atoms with E-state index in [1.165, 1.54) is 6.92 Å². The molecule has 292 valence electrons. The Morgan fingerprint density at radius 1 is 1.06 bits per heavy atom. The summed E-state index contributed by atoms with van der Waals surface area (Å²) in [6.07, 6.45) is -1.88. The van der Waals surface area contributed by atoms with Crippen LogP contribution in [0.5, 0.6) is 0 Å². The van der Waals surface area contributed by atoms with Crippen molar-refractivity contribution in [1.29, 1.82) is 0 Å². The second-order valence-electron chi connectivity index (χ2n) is 16.5. The normalized spacial score (nSPS) is 43.8. The number of hydrogen-bond acceptors (Lipinski definition) is 12. The maximum atomic E-state index is 14.0. The molecule has 0 spiro atoms. The van der Waals surface area contributed by atoms with Crippen LogP contribution in [-0.2, 0) is 23.7 Å². The molecule has 2 aliphatic heterocycles. The maximum absolute atomic E-state index is 14.0. The monoisotopic (exact) mass is 715 g/mol. The van der Waals surface area contributed by atoms with Crippen molar-refractivity contribution >= 4 is 12.1 Å². The lowest BCUT2D eigenvalue weighted by molar-refractivity contribution is -0.299. The van der Waals surface area contributed by atoms with Crippen LogP contribution in [0.2, 0.25) is 0 Å². The van der Waals surface area contributed by atoms with Crippen LogP contribution in [0.4, 0.5) is 4.79 Å². The summed E-state index contributed by atoms with van der Waals surface area (Å²) in [6.45, 7) is 14.4. The van der Waals surface area contributed by atoms with Crippen LogP contribution in [0.3, 0.4) is 0 Å². The minimum absolute atomic E-state index is 0.0534. The summed E-state index contributed by atoms with van der Waals surface area (Å²) in [4.78, 5) is 31.4. The van der Waals surface area contributed by atoms with Gasteiger partial charge in [0.15, 0.2) is 6.29 Å². The summed E-state index contributed by atoms with van der Waals surface area (Å²) in [6, 6.07) is -0.858. The molecule has 0 bridgehead atoms. The first kappa shape index (κ1) is 42.8. The third-order valence-corrected chi connectivity index (χ3v) is 11.6. The molecule has 3 rings (SSSR count). The molecule has 14 atom stereocenters. The van der Waals surface area contributed by atoms with Gasteiger partial charge >= 0.3 is 12.1 Å². The second-order valence-corrected chi connectivity index (χ2v) is 16.5. The van der Waals surface area contributed by atoms with Gasteiger partial charge in [0, 0.05) is 30.6 Å². The van der Waals surface area contributed by atoms with Crippen LogP contribution in [0.15, 0.2) is 0 Å². The van der Waals surface area contributed by atoms with Crippen molar-refractivity contribution in [3.63, 3.8) is 0 Å². The van der Waals surface area contributed by atoms with Gasteiger partial charge < -0.3 is 54.5 Å². The first-order valence-corrected chi connectivity index (χ1v) is 18.9. The van der Waals surface area contributed by atoms with E-state index in [9.17, 15) is 30.0 Å². The summed E-state index contributed by atoms with van der Waals surface area (Å²) < 4.78 is 24.9. The number of amides is 1. The van der Waals surface area contributed by atoms with Crippen LogP contribution in [0, 0.1) is 17.8 Å². The highest BCUT2D eigenvalue weighted by atomic mass is 16.7. The van der Waals surface area contributed by atoms with Crippen molar-refractivity contribution < 1.29 is 49.0 Å². The van der Waals surface area contributed by atoms with E-state index >= 15 is 0 Å². The van der Waals surface area contributed by atoms with Crippen molar-refractivity contribution in [2.24, 2.45) is 17.8 Å². The second kappa shape index (κ2) is 18.0. The number of carbonyl (C=O) groups is 2. The Morgan fingerprint density at radius 3 is 2.26 bits per heavy atom. The van der Waals surface area contributed by atoms with Gasteiger partial charge in [0.1, 0.15) is 30.0 Å². The van der Waals surface area contributed by atoms with E-state index in [0.29, 0.717) is 13.0 Å². The number of cyclic esters (lactones) is 1. The first-order chi connectivity index (χ1) is 23.2.